The van der Waals surface area contributed by atoms with Crippen molar-refractivity contribution in [2.24, 2.45) is 0 Å². The molecular weight excluding hydrogens is 304 g/mol. The number of rotatable bonds is 4. The molecule has 0 spiro atoms. The zero-order valence-corrected chi connectivity index (χ0v) is 12.9. The zero-order valence-electron chi connectivity index (χ0n) is 12.2. The standard InChI is InChI=1S/C16H15ClN2O3/c1-10-3-5-12(6-4-10)11(2)18-16(20)14-8-7-13(19(21)22)9-15(14)17/h3-9,11H,1-2H3,(H,18,20)/t11-/m1/s1. The molecule has 0 fully saturated rings. The van der Waals surface area contributed by atoms with E-state index < -0.39 is 4.92 Å². The molecule has 22 heavy (non-hydrogen) atoms. The number of non-ortho nitro benzene ring substituents is 1. The Hall–Kier alpha value is -2.40. The number of hydrogen-bond donors (Lipinski definition) is 1. The highest BCUT2D eigenvalue weighted by atomic mass is 35.5. The monoisotopic (exact) mass is 318 g/mol. The summed E-state index contributed by atoms with van der Waals surface area (Å²) in [7, 11) is 0. The minimum atomic E-state index is -0.553. The number of amides is 1. The summed E-state index contributed by atoms with van der Waals surface area (Å²) in [4.78, 5) is 22.3. The lowest BCUT2D eigenvalue weighted by atomic mass is 10.1. The smallest absolute Gasteiger partial charge is 0.270 e. The Morgan fingerprint density at radius 1 is 1.23 bits per heavy atom. The van der Waals surface area contributed by atoms with E-state index in [0.717, 1.165) is 11.1 Å². The van der Waals surface area contributed by atoms with Crippen molar-refractivity contribution in [3.05, 3.63) is 74.3 Å². The average Bonchev–Trinajstić information content (AvgIpc) is 2.47. The Labute approximate surface area is 133 Å². The highest BCUT2D eigenvalue weighted by Gasteiger charge is 2.17. The lowest BCUT2D eigenvalue weighted by molar-refractivity contribution is -0.384. The van der Waals surface area contributed by atoms with Crippen LogP contribution in [0.25, 0.3) is 0 Å². The molecule has 2 aromatic rings. The molecule has 1 atom stereocenters. The van der Waals surface area contributed by atoms with Crippen molar-refractivity contribution < 1.29 is 9.72 Å². The van der Waals surface area contributed by atoms with Gasteiger partial charge in [0.05, 0.1) is 21.6 Å². The SMILES string of the molecule is Cc1ccc([C@@H](C)NC(=O)c2ccc([N+](=O)[O-])cc2Cl)cc1. The van der Waals surface area contributed by atoms with Gasteiger partial charge in [0.15, 0.2) is 0 Å². The fourth-order valence-electron chi connectivity index (χ4n) is 2.01. The number of aryl methyl sites for hydroxylation is 1. The molecule has 5 nitrogen and oxygen atoms in total. The van der Waals surface area contributed by atoms with Gasteiger partial charge in [-0.25, -0.2) is 0 Å². The predicted molar refractivity (Wildman–Crippen MR) is 85.2 cm³/mol. The summed E-state index contributed by atoms with van der Waals surface area (Å²) in [5, 5.41) is 13.6. The topological polar surface area (TPSA) is 72.2 Å². The molecular formula is C16H15ClN2O3. The number of nitro benzene ring substituents is 1. The van der Waals surface area contributed by atoms with Crippen molar-refractivity contribution in [1.29, 1.82) is 0 Å². The fraction of sp³-hybridized carbons (Fsp3) is 0.188. The molecule has 0 aliphatic rings. The number of nitrogens with one attached hydrogen (secondary N) is 1. The summed E-state index contributed by atoms with van der Waals surface area (Å²) < 4.78 is 0. The lowest BCUT2D eigenvalue weighted by Crippen LogP contribution is -2.26. The van der Waals surface area contributed by atoms with Gasteiger partial charge in [0.2, 0.25) is 0 Å². The minimum absolute atomic E-state index is 0.0582. The largest absolute Gasteiger partial charge is 0.345 e. The van der Waals surface area contributed by atoms with Gasteiger partial charge in [-0.3, -0.25) is 14.9 Å². The van der Waals surface area contributed by atoms with Crippen LogP contribution in [0.15, 0.2) is 42.5 Å². The fourth-order valence-corrected chi connectivity index (χ4v) is 2.28. The van der Waals surface area contributed by atoms with Crippen LogP contribution in [0.5, 0.6) is 0 Å². The third-order valence-electron chi connectivity index (χ3n) is 3.33. The van der Waals surface area contributed by atoms with Crippen LogP contribution in [0.4, 0.5) is 5.69 Å². The van der Waals surface area contributed by atoms with Gasteiger partial charge in [0, 0.05) is 12.1 Å². The van der Waals surface area contributed by atoms with Gasteiger partial charge in [0.25, 0.3) is 11.6 Å². The number of nitrogens with zero attached hydrogens (tertiary/aromatic N) is 1. The van der Waals surface area contributed by atoms with Crippen molar-refractivity contribution in [2.75, 3.05) is 0 Å². The summed E-state index contributed by atoms with van der Waals surface area (Å²) in [5.74, 6) is -0.368. The summed E-state index contributed by atoms with van der Waals surface area (Å²) >= 11 is 5.95. The summed E-state index contributed by atoms with van der Waals surface area (Å²) in [5.41, 5.74) is 2.18. The molecule has 0 radical (unpaired) electrons. The van der Waals surface area contributed by atoms with Gasteiger partial charge in [-0.2, -0.15) is 0 Å². The highest BCUT2D eigenvalue weighted by Crippen LogP contribution is 2.23. The Kier molecular flexibility index (Phi) is 4.78. The second-order valence-corrected chi connectivity index (χ2v) is 5.43. The first kappa shape index (κ1) is 16.0. The van der Waals surface area contributed by atoms with E-state index >= 15 is 0 Å². The minimum Gasteiger partial charge on any atom is -0.345 e. The van der Waals surface area contributed by atoms with Gasteiger partial charge in [-0.1, -0.05) is 41.4 Å². The molecule has 0 aromatic heterocycles. The van der Waals surface area contributed by atoms with E-state index in [9.17, 15) is 14.9 Å². The Balaban J connectivity index is 2.15. The second-order valence-electron chi connectivity index (χ2n) is 5.03. The van der Waals surface area contributed by atoms with E-state index in [4.69, 9.17) is 11.6 Å². The second kappa shape index (κ2) is 6.58. The normalized spacial score (nSPS) is 11.8. The lowest BCUT2D eigenvalue weighted by Gasteiger charge is -2.15. The molecule has 0 bridgehead atoms. The van der Waals surface area contributed by atoms with Crippen molar-refractivity contribution >= 4 is 23.2 Å². The maximum Gasteiger partial charge on any atom is 0.270 e. The van der Waals surface area contributed by atoms with Gasteiger partial charge in [0.1, 0.15) is 0 Å². The maximum atomic E-state index is 12.2. The highest BCUT2D eigenvalue weighted by molar-refractivity contribution is 6.34. The third-order valence-corrected chi connectivity index (χ3v) is 3.65. The zero-order chi connectivity index (χ0) is 16.3. The molecule has 2 rings (SSSR count). The van der Waals surface area contributed by atoms with Crippen LogP contribution in [-0.4, -0.2) is 10.8 Å². The number of hydrogen-bond acceptors (Lipinski definition) is 3. The maximum absolute atomic E-state index is 12.2. The first-order valence-electron chi connectivity index (χ1n) is 6.70. The summed E-state index contributed by atoms with van der Waals surface area (Å²) in [6.45, 7) is 3.85. The number of carbonyl (C=O) groups is 1. The van der Waals surface area contributed by atoms with Gasteiger partial charge in [-0.15, -0.1) is 0 Å². The molecule has 0 saturated carbocycles. The predicted octanol–water partition coefficient (Wildman–Crippen LogP) is 4.05. The van der Waals surface area contributed by atoms with Crippen LogP contribution in [0, 0.1) is 17.0 Å². The molecule has 0 aliphatic heterocycles. The van der Waals surface area contributed by atoms with E-state index in [1.807, 2.05) is 38.1 Å². The number of benzene rings is 2. The van der Waals surface area contributed by atoms with Crippen LogP contribution in [-0.2, 0) is 0 Å². The first-order chi connectivity index (χ1) is 10.4. The van der Waals surface area contributed by atoms with Crippen LogP contribution in [0.2, 0.25) is 5.02 Å². The quantitative estimate of drug-likeness (QED) is 0.682. The Morgan fingerprint density at radius 3 is 2.41 bits per heavy atom. The molecule has 1 amide bonds. The molecule has 0 saturated heterocycles. The summed E-state index contributed by atoms with van der Waals surface area (Å²) in [6.07, 6.45) is 0. The summed E-state index contributed by atoms with van der Waals surface area (Å²) in [6, 6.07) is 11.4. The van der Waals surface area contributed by atoms with Crippen LogP contribution < -0.4 is 5.32 Å². The van der Waals surface area contributed by atoms with Crippen LogP contribution >= 0.6 is 11.6 Å². The first-order valence-corrected chi connectivity index (χ1v) is 7.07. The van der Waals surface area contributed by atoms with E-state index in [0.29, 0.717) is 0 Å². The molecule has 0 heterocycles. The van der Waals surface area contributed by atoms with Crippen molar-refractivity contribution in [3.8, 4) is 0 Å². The van der Waals surface area contributed by atoms with Crippen LogP contribution in [0.1, 0.15) is 34.5 Å². The van der Waals surface area contributed by atoms with E-state index in [2.05, 4.69) is 5.32 Å². The molecule has 6 heteroatoms. The third kappa shape index (κ3) is 3.62. The molecule has 1 N–H and O–H groups in total. The van der Waals surface area contributed by atoms with Gasteiger partial charge >= 0.3 is 0 Å². The van der Waals surface area contributed by atoms with Crippen LogP contribution in [0.3, 0.4) is 0 Å². The molecule has 114 valence electrons. The Morgan fingerprint density at radius 2 is 1.86 bits per heavy atom. The molecule has 0 aliphatic carbocycles. The van der Waals surface area contributed by atoms with Gasteiger partial charge in [-0.05, 0) is 25.5 Å². The van der Waals surface area contributed by atoms with E-state index in [-0.39, 0.29) is 28.2 Å². The van der Waals surface area contributed by atoms with Gasteiger partial charge < -0.3 is 5.32 Å². The van der Waals surface area contributed by atoms with Crippen molar-refractivity contribution in [2.45, 2.75) is 19.9 Å². The molecule has 0 unspecified atom stereocenters. The van der Waals surface area contributed by atoms with E-state index in [1.54, 1.807) is 0 Å². The number of halogens is 1. The van der Waals surface area contributed by atoms with Crippen molar-refractivity contribution in [3.63, 3.8) is 0 Å². The van der Waals surface area contributed by atoms with Crippen molar-refractivity contribution in [1.82, 2.24) is 5.32 Å². The Bertz CT molecular complexity index is 714. The molecule has 2 aromatic carbocycles. The number of carbonyl (C=O) groups excluding carboxylic acids is 1. The van der Waals surface area contributed by atoms with E-state index in [1.165, 1.54) is 18.2 Å². The number of nitro groups is 1. The average molecular weight is 319 g/mol.